The highest BCUT2D eigenvalue weighted by Crippen LogP contribution is 2.35. The molecule has 0 N–H and O–H groups in total. The van der Waals surface area contributed by atoms with Crippen molar-refractivity contribution in [2.75, 3.05) is 6.61 Å². The molecule has 18 heavy (non-hydrogen) atoms. The van der Waals surface area contributed by atoms with Crippen molar-refractivity contribution >= 4 is 27.4 Å². The minimum absolute atomic E-state index is 0.0362. The molecule has 0 amide bonds. The predicted octanol–water partition coefficient (Wildman–Crippen LogP) is 2.96. The van der Waals surface area contributed by atoms with Crippen LogP contribution in [0.5, 0.6) is 5.75 Å². The highest BCUT2D eigenvalue weighted by Gasteiger charge is 2.22. The largest absolute Gasteiger partial charge is 0.485 e. The number of ketones is 1. The zero-order valence-electron chi connectivity index (χ0n) is 9.60. The highest BCUT2D eigenvalue weighted by molar-refractivity contribution is 9.10. The van der Waals surface area contributed by atoms with Crippen molar-refractivity contribution in [3.05, 3.63) is 32.3 Å². The van der Waals surface area contributed by atoms with Crippen LogP contribution in [0, 0.1) is 22.5 Å². The summed E-state index contributed by atoms with van der Waals surface area (Å²) >= 11 is 3.12. The molecule has 0 heterocycles. The number of halogens is 1. The van der Waals surface area contributed by atoms with Gasteiger partial charge < -0.3 is 4.74 Å². The Hall–Kier alpha value is -1.87. The second-order valence-electron chi connectivity index (χ2n) is 3.42. The molecule has 0 fully saturated rings. The Bertz CT molecular complexity index is 498. The lowest BCUT2D eigenvalue weighted by Crippen LogP contribution is -2.06. The summed E-state index contributed by atoms with van der Waals surface area (Å²) in [6.07, 6.45) is 5.38. The maximum atomic E-state index is 11.5. The Balaban J connectivity index is 3.28. The zero-order chi connectivity index (χ0) is 13.7. The molecule has 0 aromatic heterocycles. The van der Waals surface area contributed by atoms with Crippen molar-refractivity contribution in [2.45, 2.75) is 13.3 Å². The van der Waals surface area contributed by atoms with Gasteiger partial charge in [-0.05, 0) is 13.0 Å². The molecule has 5 nitrogen and oxygen atoms in total. The number of ether oxygens (including phenoxy) is 1. The molecule has 0 aliphatic carbocycles. The first kappa shape index (κ1) is 14.2. The fourth-order valence-corrected chi connectivity index (χ4v) is 1.79. The third-order valence-corrected chi connectivity index (χ3v) is 2.56. The van der Waals surface area contributed by atoms with E-state index in [2.05, 4.69) is 21.9 Å². The van der Waals surface area contributed by atoms with Gasteiger partial charge in [0.05, 0.1) is 17.1 Å². The average Bonchev–Trinajstić information content (AvgIpc) is 2.30. The molecular formula is C12H10BrNO4. The lowest BCUT2D eigenvalue weighted by atomic mass is 10.1. The van der Waals surface area contributed by atoms with Crippen LogP contribution in [0.2, 0.25) is 0 Å². The summed E-state index contributed by atoms with van der Waals surface area (Å²) in [6, 6.07) is 2.78. The second-order valence-corrected chi connectivity index (χ2v) is 4.33. The topological polar surface area (TPSA) is 69.4 Å². The van der Waals surface area contributed by atoms with E-state index in [1.807, 2.05) is 0 Å². The van der Waals surface area contributed by atoms with Gasteiger partial charge in [-0.25, -0.2) is 0 Å². The number of nitrogens with zero attached hydrogens (tertiary/aromatic N) is 1. The smallest absolute Gasteiger partial charge is 0.312 e. The van der Waals surface area contributed by atoms with Crippen LogP contribution in [0.15, 0.2) is 16.6 Å². The van der Waals surface area contributed by atoms with Gasteiger partial charge in [-0.2, -0.15) is 0 Å². The monoisotopic (exact) mass is 311 g/mol. The Morgan fingerprint density at radius 1 is 1.61 bits per heavy atom. The van der Waals surface area contributed by atoms with E-state index < -0.39 is 4.92 Å². The quantitative estimate of drug-likeness (QED) is 0.275. The van der Waals surface area contributed by atoms with E-state index in [4.69, 9.17) is 11.2 Å². The van der Waals surface area contributed by atoms with Gasteiger partial charge in [0.25, 0.3) is 0 Å². The molecule has 1 aromatic rings. The predicted molar refractivity (Wildman–Crippen MR) is 69.7 cm³/mol. The Morgan fingerprint density at radius 2 is 2.28 bits per heavy atom. The standard InChI is InChI=1S/C12H10BrNO4/c1-3-4-5-18-12-10(8(2)15)6-9(13)7-11(12)14(16)17/h1,6-7H,4-5H2,2H3. The second kappa shape index (κ2) is 6.17. The van der Waals surface area contributed by atoms with Crippen LogP contribution in [-0.2, 0) is 0 Å². The SMILES string of the molecule is C#CCCOc1c(C(C)=O)cc(Br)cc1[N+](=O)[O-]. The summed E-state index contributed by atoms with van der Waals surface area (Å²) in [5.41, 5.74) is -0.0975. The van der Waals surface area contributed by atoms with Gasteiger partial charge in [-0.15, -0.1) is 12.3 Å². The minimum atomic E-state index is -0.595. The Kier molecular flexibility index (Phi) is 4.86. The summed E-state index contributed by atoms with van der Waals surface area (Å²) < 4.78 is 5.71. The molecule has 0 saturated carbocycles. The molecule has 0 aliphatic rings. The first-order valence-corrected chi connectivity index (χ1v) is 5.81. The van der Waals surface area contributed by atoms with Crippen molar-refractivity contribution in [2.24, 2.45) is 0 Å². The number of nitro groups is 1. The molecule has 0 atom stereocenters. The summed E-state index contributed by atoms with van der Waals surface area (Å²) in [4.78, 5) is 21.8. The minimum Gasteiger partial charge on any atom is -0.485 e. The van der Waals surface area contributed by atoms with Crippen molar-refractivity contribution < 1.29 is 14.5 Å². The summed E-state index contributed by atoms with van der Waals surface area (Å²) in [6.45, 7) is 1.44. The molecule has 0 spiro atoms. The van der Waals surface area contributed by atoms with Gasteiger partial charge in [0.2, 0.25) is 5.75 Å². The molecule has 0 radical (unpaired) electrons. The lowest BCUT2D eigenvalue weighted by Gasteiger charge is -2.09. The van der Waals surface area contributed by atoms with Gasteiger partial charge in [0.15, 0.2) is 5.78 Å². The number of terminal acetylenes is 1. The van der Waals surface area contributed by atoms with Crippen molar-refractivity contribution in [1.82, 2.24) is 0 Å². The number of hydrogen-bond donors (Lipinski definition) is 0. The van der Waals surface area contributed by atoms with Gasteiger partial charge >= 0.3 is 5.69 Å². The number of carbonyl (C=O) groups excluding carboxylic acids is 1. The van der Waals surface area contributed by atoms with E-state index >= 15 is 0 Å². The summed E-state index contributed by atoms with van der Waals surface area (Å²) in [5, 5.41) is 10.9. The first-order chi connectivity index (χ1) is 8.47. The molecule has 0 unspecified atom stereocenters. The molecule has 94 valence electrons. The number of rotatable bonds is 5. The Morgan fingerprint density at radius 3 is 2.78 bits per heavy atom. The van der Waals surface area contributed by atoms with Crippen LogP contribution in [0.3, 0.4) is 0 Å². The van der Waals surface area contributed by atoms with E-state index in [9.17, 15) is 14.9 Å². The van der Waals surface area contributed by atoms with Crippen LogP contribution in [0.1, 0.15) is 23.7 Å². The summed E-state index contributed by atoms with van der Waals surface area (Å²) in [5.74, 6) is 2.01. The number of benzene rings is 1. The molecular weight excluding hydrogens is 302 g/mol. The molecule has 0 saturated heterocycles. The van der Waals surface area contributed by atoms with Crippen LogP contribution < -0.4 is 4.74 Å². The number of hydrogen-bond acceptors (Lipinski definition) is 4. The maximum Gasteiger partial charge on any atom is 0.312 e. The van der Waals surface area contributed by atoms with E-state index in [1.54, 1.807) is 0 Å². The van der Waals surface area contributed by atoms with Crippen molar-refractivity contribution in [3.63, 3.8) is 0 Å². The molecule has 0 bridgehead atoms. The fourth-order valence-electron chi connectivity index (χ4n) is 1.34. The van der Waals surface area contributed by atoms with E-state index in [1.165, 1.54) is 19.1 Å². The van der Waals surface area contributed by atoms with Crippen molar-refractivity contribution in [3.8, 4) is 18.1 Å². The van der Waals surface area contributed by atoms with Crippen LogP contribution in [0.25, 0.3) is 0 Å². The average molecular weight is 312 g/mol. The number of Topliss-reactive ketones (excluding diaryl/α,β-unsaturated/α-hetero) is 1. The first-order valence-electron chi connectivity index (χ1n) is 5.02. The van der Waals surface area contributed by atoms with Crippen LogP contribution in [0.4, 0.5) is 5.69 Å². The number of carbonyl (C=O) groups is 1. The van der Waals surface area contributed by atoms with Gasteiger partial charge in [0, 0.05) is 17.0 Å². The Labute approximate surface area is 112 Å². The maximum absolute atomic E-state index is 11.5. The van der Waals surface area contributed by atoms with Gasteiger partial charge in [-0.3, -0.25) is 14.9 Å². The lowest BCUT2D eigenvalue weighted by molar-refractivity contribution is -0.386. The third kappa shape index (κ3) is 3.31. The van der Waals surface area contributed by atoms with Gasteiger partial charge in [-0.1, -0.05) is 15.9 Å². The van der Waals surface area contributed by atoms with Gasteiger partial charge in [0.1, 0.15) is 0 Å². The molecule has 0 aliphatic heterocycles. The van der Waals surface area contributed by atoms with E-state index in [-0.39, 0.29) is 29.4 Å². The molecule has 1 rings (SSSR count). The number of nitro benzene ring substituents is 1. The third-order valence-electron chi connectivity index (χ3n) is 2.10. The normalized spacial score (nSPS) is 9.61. The van der Waals surface area contributed by atoms with Crippen LogP contribution in [-0.4, -0.2) is 17.3 Å². The molecule has 1 aromatic carbocycles. The fraction of sp³-hybridized carbons (Fsp3) is 0.250. The molecule has 6 heteroatoms. The van der Waals surface area contributed by atoms with Crippen LogP contribution >= 0.6 is 15.9 Å². The zero-order valence-corrected chi connectivity index (χ0v) is 11.2. The van der Waals surface area contributed by atoms with E-state index in [0.717, 1.165) is 0 Å². The van der Waals surface area contributed by atoms with E-state index in [0.29, 0.717) is 10.9 Å². The summed E-state index contributed by atoms with van der Waals surface area (Å²) in [7, 11) is 0. The van der Waals surface area contributed by atoms with Crippen molar-refractivity contribution in [1.29, 1.82) is 0 Å². The highest BCUT2D eigenvalue weighted by atomic mass is 79.9.